The van der Waals surface area contributed by atoms with E-state index in [2.05, 4.69) is 5.32 Å². The van der Waals surface area contributed by atoms with Crippen molar-refractivity contribution in [3.8, 4) is 23.0 Å². The number of hydrogen-bond donors (Lipinski definition) is 1. The van der Waals surface area contributed by atoms with Crippen LogP contribution in [0, 0.1) is 0 Å². The topological polar surface area (TPSA) is 66.0 Å². The minimum atomic E-state index is -0.116. The number of halogens is 1. The number of amides is 1. The van der Waals surface area contributed by atoms with E-state index in [1.54, 1.807) is 12.1 Å². The molecule has 2 aromatic carbocycles. The van der Waals surface area contributed by atoms with Crippen molar-refractivity contribution in [1.82, 2.24) is 5.32 Å². The highest BCUT2D eigenvalue weighted by Crippen LogP contribution is 2.38. The van der Waals surface area contributed by atoms with Gasteiger partial charge in [0.2, 0.25) is 5.91 Å². The first-order chi connectivity index (χ1) is 14.0. The zero-order valence-corrected chi connectivity index (χ0v) is 17.3. The molecule has 0 aromatic heterocycles. The zero-order chi connectivity index (χ0) is 20.4. The lowest BCUT2D eigenvalue weighted by Crippen LogP contribution is -2.25. The second-order valence-corrected chi connectivity index (χ2v) is 7.60. The molecule has 0 aliphatic carbocycles. The Morgan fingerprint density at radius 3 is 2.86 bits per heavy atom. The molecule has 1 amide bonds. The Hall–Kier alpha value is -2.60. The van der Waals surface area contributed by atoms with Crippen LogP contribution >= 0.6 is 11.6 Å². The van der Waals surface area contributed by atoms with E-state index in [4.69, 9.17) is 30.5 Å². The Labute approximate surface area is 175 Å². The maximum Gasteiger partial charge on any atom is 0.224 e. The predicted octanol–water partition coefficient (Wildman–Crippen LogP) is 3.69. The Morgan fingerprint density at radius 1 is 1.21 bits per heavy atom. The molecule has 6 nitrogen and oxygen atoms in total. The van der Waals surface area contributed by atoms with E-state index in [0.717, 1.165) is 34.6 Å². The quantitative estimate of drug-likeness (QED) is 0.776. The molecule has 29 heavy (non-hydrogen) atoms. The molecule has 2 heterocycles. The minimum Gasteiger partial charge on any atom is -0.494 e. The monoisotopic (exact) mass is 417 g/mol. The molecule has 2 aromatic rings. The van der Waals surface area contributed by atoms with E-state index in [0.29, 0.717) is 42.9 Å². The fourth-order valence-electron chi connectivity index (χ4n) is 3.62. The van der Waals surface area contributed by atoms with Crippen LogP contribution in [0.5, 0.6) is 23.0 Å². The molecular weight excluding hydrogens is 394 g/mol. The summed E-state index contributed by atoms with van der Waals surface area (Å²) in [5.41, 5.74) is 2.81. The number of hydrogen-bond acceptors (Lipinski definition) is 5. The summed E-state index contributed by atoms with van der Waals surface area (Å²) in [5.74, 6) is 2.65. The summed E-state index contributed by atoms with van der Waals surface area (Å²) in [6, 6.07) is 7.52. The number of carbonyl (C=O) groups is 1. The van der Waals surface area contributed by atoms with Crippen molar-refractivity contribution >= 4 is 17.5 Å². The van der Waals surface area contributed by atoms with Crippen LogP contribution in [0.3, 0.4) is 0 Å². The van der Waals surface area contributed by atoms with E-state index in [-0.39, 0.29) is 18.4 Å². The maximum absolute atomic E-state index is 12.5. The van der Waals surface area contributed by atoms with Crippen LogP contribution in [0.4, 0.5) is 0 Å². The standard InChI is InChI=1S/C22H24ClNO5/c1-3-26-18-10-15-6-13(2)29-19(15)11-16(18)12-24-21(25)9-14-7-17(23)22-20(8-14)27-4-5-28-22/h7-8,10-11,13H,3-6,9,12H2,1-2H3,(H,24,25)/t13-/m0/s1. The molecule has 7 heteroatoms. The molecule has 2 aliphatic heterocycles. The molecule has 0 spiro atoms. The van der Waals surface area contributed by atoms with Gasteiger partial charge in [-0.2, -0.15) is 0 Å². The molecule has 0 unspecified atom stereocenters. The van der Waals surface area contributed by atoms with E-state index < -0.39 is 0 Å². The number of nitrogens with one attached hydrogen (secondary N) is 1. The van der Waals surface area contributed by atoms with E-state index in [9.17, 15) is 4.79 Å². The molecule has 0 saturated carbocycles. The Kier molecular flexibility index (Phi) is 5.72. The number of fused-ring (bicyclic) bond motifs is 2. The summed E-state index contributed by atoms with van der Waals surface area (Å²) in [4.78, 5) is 12.5. The zero-order valence-electron chi connectivity index (χ0n) is 16.5. The summed E-state index contributed by atoms with van der Waals surface area (Å²) in [7, 11) is 0. The highest BCUT2D eigenvalue weighted by molar-refractivity contribution is 6.32. The van der Waals surface area contributed by atoms with Crippen molar-refractivity contribution < 1.29 is 23.7 Å². The molecule has 0 bridgehead atoms. The van der Waals surface area contributed by atoms with Gasteiger partial charge in [-0.3, -0.25) is 4.79 Å². The summed E-state index contributed by atoms with van der Waals surface area (Å²) in [6.45, 7) is 5.85. The van der Waals surface area contributed by atoms with Gasteiger partial charge in [-0.25, -0.2) is 0 Å². The first-order valence-corrected chi connectivity index (χ1v) is 10.2. The second kappa shape index (κ2) is 8.41. The van der Waals surface area contributed by atoms with Crippen molar-refractivity contribution in [2.24, 2.45) is 0 Å². The van der Waals surface area contributed by atoms with Gasteiger partial charge < -0.3 is 24.3 Å². The van der Waals surface area contributed by atoms with Gasteiger partial charge >= 0.3 is 0 Å². The maximum atomic E-state index is 12.5. The van der Waals surface area contributed by atoms with Crippen LogP contribution in [-0.2, 0) is 24.2 Å². The molecule has 4 rings (SSSR count). The third-order valence-corrected chi connectivity index (χ3v) is 5.16. The number of carbonyl (C=O) groups excluding carboxylic acids is 1. The third kappa shape index (κ3) is 4.37. The average Bonchev–Trinajstić information content (AvgIpc) is 3.05. The fraction of sp³-hybridized carbons (Fsp3) is 0.409. The van der Waals surface area contributed by atoms with Gasteiger partial charge in [0.15, 0.2) is 11.5 Å². The van der Waals surface area contributed by atoms with Crippen LogP contribution in [-0.4, -0.2) is 31.8 Å². The molecule has 0 saturated heterocycles. The normalized spacial score (nSPS) is 16.7. The van der Waals surface area contributed by atoms with E-state index >= 15 is 0 Å². The SMILES string of the molecule is CCOc1cc2c(cc1CNC(=O)Cc1cc(Cl)c3c(c1)OCCO3)O[C@@H](C)C2. The van der Waals surface area contributed by atoms with E-state index in [1.807, 2.05) is 26.0 Å². The molecule has 0 radical (unpaired) electrons. The van der Waals surface area contributed by atoms with Gasteiger partial charge in [-0.15, -0.1) is 0 Å². The smallest absolute Gasteiger partial charge is 0.224 e. The summed E-state index contributed by atoms with van der Waals surface area (Å²) < 4.78 is 22.7. The molecule has 154 valence electrons. The number of benzene rings is 2. The van der Waals surface area contributed by atoms with Gasteiger partial charge in [0.05, 0.1) is 18.1 Å². The van der Waals surface area contributed by atoms with Gasteiger partial charge in [0, 0.05) is 24.1 Å². The van der Waals surface area contributed by atoms with Crippen molar-refractivity contribution in [3.05, 3.63) is 46.0 Å². The average molecular weight is 418 g/mol. The van der Waals surface area contributed by atoms with Crippen LogP contribution in [0.2, 0.25) is 5.02 Å². The highest BCUT2D eigenvalue weighted by atomic mass is 35.5. The van der Waals surface area contributed by atoms with Gasteiger partial charge in [-0.1, -0.05) is 11.6 Å². The van der Waals surface area contributed by atoms with Gasteiger partial charge in [0.25, 0.3) is 0 Å². The van der Waals surface area contributed by atoms with Gasteiger partial charge in [-0.05, 0) is 43.7 Å². The predicted molar refractivity (Wildman–Crippen MR) is 109 cm³/mol. The summed E-state index contributed by atoms with van der Waals surface area (Å²) in [5, 5.41) is 3.41. The molecule has 1 N–H and O–H groups in total. The number of rotatable bonds is 6. The van der Waals surface area contributed by atoms with E-state index in [1.165, 1.54) is 0 Å². The largest absolute Gasteiger partial charge is 0.494 e. The van der Waals surface area contributed by atoms with Crippen molar-refractivity contribution in [2.75, 3.05) is 19.8 Å². The second-order valence-electron chi connectivity index (χ2n) is 7.19. The fourth-order valence-corrected chi connectivity index (χ4v) is 3.91. The Bertz CT molecular complexity index is 930. The van der Waals surface area contributed by atoms with Crippen LogP contribution in [0.25, 0.3) is 0 Å². The van der Waals surface area contributed by atoms with Gasteiger partial charge in [0.1, 0.15) is 30.8 Å². The lowest BCUT2D eigenvalue weighted by atomic mass is 10.1. The van der Waals surface area contributed by atoms with Crippen LogP contribution < -0.4 is 24.3 Å². The first-order valence-electron chi connectivity index (χ1n) is 9.83. The van der Waals surface area contributed by atoms with Crippen LogP contribution in [0.1, 0.15) is 30.5 Å². The van der Waals surface area contributed by atoms with Crippen molar-refractivity contribution in [3.63, 3.8) is 0 Å². The molecule has 1 atom stereocenters. The van der Waals surface area contributed by atoms with Crippen molar-refractivity contribution in [2.45, 2.75) is 39.3 Å². The minimum absolute atomic E-state index is 0.116. The first kappa shape index (κ1) is 19.7. The Balaban J connectivity index is 1.44. The highest BCUT2D eigenvalue weighted by Gasteiger charge is 2.22. The molecule has 0 fully saturated rings. The lowest BCUT2D eigenvalue weighted by Gasteiger charge is -2.20. The van der Waals surface area contributed by atoms with Crippen LogP contribution in [0.15, 0.2) is 24.3 Å². The van der Waals surface area contributed by atoms with Crippen molar-refractivity contribution in [1.29, 1.82) is 0 Å². The molecule has 2 aliphatic rings. The molecular formula is C22H24ClNO5. The third-order valence-electron chi connectivity index (χ3n) is 4.88. The number of ether oxygens (including phenoxy) is 4. The Morgan fingerprint density at radius 2 is 2.03 bits per heavy atom. The summed E-state index contributed by atoms with van der Waals surface area (Å²) in [6.07, 6.45) is 1.22. The lowest BCUT2D eigenvalue weighted by molar-refractivity contribution is -0.120. The summed E-state index contributed by atoms with van der Waals surface area (Å²) >= 11 is 6.26.